The Hall–Kier alpha value is -1.10. The summed E-state index contributed by atoms with van der Waals surface area (Å²) in [5, 5.41) is 13.4. The van der Waals surface area contributed by atoms with Crippen molar-refractivity contribution in [2.75, 3.05) is 32.8 Å². The van der Waals surface area contributed by atoms with Crippen LogP contribution in [0.15, 0.2) is 18.2 Å². The first kappa shape index (κ1) is 14.8. The molecule has 1 fully saturated rings. The summed E-state index contributed by atoms with van der Waals surface area (Å²) in [6.45, 7) is 7.15. The SMILES string of the molecule is CC(CN1CCOCC1)NC1CCCc2cc(O)ccc21. The number of fused-ring (bicyclic) bond motifs is 1. The molecule has 0 radical (unpaired) electrons. The molecule has 0 amide bonds. The molecule has 0 spiro atoms. The number of benzene rings is 1. The zero-order valence-electron chi connectivity index (χ0n) is 12.8. The first-order valence-electron chi connectivity index (χ1n) is 8.10. The average Bonchev–Trinajstić information content (AvgIpc) is 2.48. The fourth-order valence-corrected chi connectivity index (χ4v) is 3.54. The number of phenols is 1. The first-order valence-corrected chi connectivity index (χ1v) is 8.10. The predicted molar refractivity (Wildman–Crippen MR) is 83.6 cm³/mol. The summed E-state index contributed by atoms with van der Waals surface area (Å²) in [4.78, 5) is 2.47. The van der Waals surface area contributed by atoms with Gasteiger partial charge in [0, 0.05) is 31.7 Å². The van der Waals surface area contributed by atoms with Crippen LogP contribution in [0.1, 0.15) is 36.9 Å². The molecule has 2 unspecified atom stereocenters. The molecule has 2 atom stereocenters. The van der Waals surface area contributed by atoms with E-state index >= 15 is 0 Å². The van der Waals surface area contributed by atoms with Gasteiger partial charge in [-0.15, -0.1) is 0 Å². The van der Waals surface area contributed by atoms with E-state index in [1.165, 1.54) is 24.0 Å². The van der Waals surface area contributed by atoms with Gasteiger partial charge in [-0.25, -0.2) is 0 Å². The quantitative estimate of drug-likeness (QED) is 0.891. The highest BCUT2D eigenvalue weighted by Gasteiger charge is 2.23. The number of aryl methyl sites for hydroxylation is 1. The number of nitrogens with one attached hydrogen (secondary N) is 1. The molecule has 1 aliphatic carbocycles. The lowest BCUT2D eigenvalue weighted by Gasteiger charge is -2.33. The van der Waals surface area contributed by atoms with E-state index in [4.69, 9.17) is 4.74 Å². The summed E-state index contributed by atoms with van der Waals surface area (Å²) in [5.74, 6) is 0.385. The Bertz CT molecular complexity index is 472. The van der Waals surface area contributed by atoms with Crippen LogP contribution >= 0.6 is 0 Å². The topological polar surface area (TPSA) is 44.7 Å². The number of morpholine rings is 1. The lowest BCUT2D eigenvalue weighted by atomic mass is 9.87. The number of ether oxygens (including phenoxy) is 1. The molecule has 0 aromatic heterocycles. The number of hydrogen-bond donors (Lipinski definition) is 2. The Morgan fingerprint density at radius 1 is 1.38 bits per heavy atom. The number of rotatable bonds is 4. The van der Waals surface area contributed by atoms with Crippen molar-refractivity contribution in [3.8, 4) is 5.75 Å². The molecular weight excluding hydrogens is 264 g/mol. The Labute approximate surface area is 127 Å². The van der Waals surface area contributed by atoms with Crippen molar-refractivity contribution in [2.45, 2.75) is 38.3 Å². The molecule has 1 aromatic carbocycles. The second-order valence-electron chi connectivity index (χ2n) is 6.31. The zero-order chi connectivity index (χ0) is 14.7. The minimum absolute atomic E-state index is 0.385. The van der Waals surface area contributed by atoms with Crippen molar-refractivity contribution >= 4 is 0 Å². The summed E-state index contributed by atoms with van der Waals surface area (Å²) in [5.41, 5.74) is 2.67. The van der Waals surface area contributed by atoms with Gasteiger partial charge < -0.3 is 15.2 Å². The van der Waals surface area contributed by atoms with E-state index < -0.39 is 0 Å². The number of hydrogen-bond acceptors (Lipinski definition) is 4. The van der Waals surface area contributed by atoms with Crippen LogP contribution in [-0.2, 0) is 11.2 Å². The van der Waals surface area contributed by atoms with Crippen LogP contribution in [0.2, 0.25) is 0 Å². The summed E-state index contributed by atoms with van der Waals surface area (Å²) < 4.78 is 5.40. The fraction of sp³-hybridized carbons (Fsp3) is 0.647. The Kier molecular flexibility index (Phi) is 4.78. The summed E-state index contributed by atoms with van der Waals surface area (Å²) in [7, 11) is 0. The van der Waals surface area contributed by atoms with Crippen LogP contribution in [0.3, 0.4) is 0 Å². The molecule has 3 rings (SSSR count). The molecule has 0 saturated carbocycles. The molecule has 116 valence electrons. The highest BCUT2D eigenvalue weighted by Crippen LogP contribution is 2.32. The second kappa shape index (κ2) is 6.77. The normalized spacial score (nSPS) is 24.5. The van der Waals surface area contributed by atoms with Crippen molar-refractivity contribution in [1.29, 1.82) is 0 Å². The molecule has 4 nitrogen and oxygen atoms in total. The molecule has 2 aliphatic rings. The van der Waals surface area contributed by atoms with Gasteiger partial charge in [-0.1, -0.05) is 6.07 Å². The van der Waals surface area contributed by atoms with E-state index in [0.717, 1.165) is 39.3 Å². The maximum Gasteiger partial charge on any atom is 0.115 e. The maximum absolute atomic E-state index is 9.63. The molecule has 1 aliphatic heterocycles. The number of nitrogens with zero attached hydrogens (tertiary/aromatic N) is 1. The van der Waals surface area contributed by atoms with Crippen LogP contribution in [0, 0.1) is 0 Å². The predicted octanol–water partition coefficient (Wildman–Crippen LogP) is 2.08. The van der Waals surface area contributed by atoms with Crippen molar-refractivity contribution in [2.24, 2.45) is 0 Å². The third kappa shape index (κ3) is 3.76. The minimum Gasteiger partial charge on any atom is -0.508 e. The summed E-state index contributed by atoms with van der Waals surface area (Å²) in [6.07, 6.45) is 3.46. The standard InChI is InChI=1S/C17H26N2O2/c1-13(12-19-7-9-21-10-8-19)18-17-4-2-3-14-11-15(20)5-6-16(14)17/h5-6,11,13,17-18,20H,2-4,7-10,12H2,1H3. The average molecular weight is 290 g/mol. The van der Waals surface area contributed by atoms with Gasteiger partial charge in [-0.05, 0) is 49.4 Å². The minimum atomic E-state index is 0.385. The van der Waals surface area contributed by atoms with Crippen LogP contribution in [-0.4, -0.2) is 48.9 Å². The van der Waals surface area contributed by atoms with Crippen LogP contribution < -0.4 is 5.32 Å². The Morgan fingerprint density at radius 2 is 2.19 bits per heavy atom. The molecule has 1 saturated heterocycles. The zero-order valence-corrected chi connectivity index (χ0v) is 12.8. The third-order valence-corrected chi connectivity index (χ3v) is 4.56. The van der Waals surface area contributed by atoms with E-state index in [2.05, 4.69) is 23.2 Å². The lowest BCUT2D eigenvalue weighted by molar-refractivity contribution is 0.0337. The fourth-order valence-electron chi connectivity index (χ4n) is 3.54. The van der Waals surface area contributed by atoms with Crippen LogP contribution in [0.5, 0.6) is 5.75 Å². The maximum atomic E-state index is 9.63. The highest BCUT2D eigenvalue weighted by atomic mass is 16.5. The second-order valence-corrected chi connectivity index (χ2v) is 6.31. The van der Waals surface area contributed by atoms with Crippen molar-refractivity contribution in [3.05, 3.63) is 29.3 Å². The summed E-state index contributed by atoms with van der Waals surface area (Å²) in [6, 6.07) is 6.71. The Morgan fingerprint density at radius 3 is 3.00 bits per heavy atom. The van der Waals surface area contributed by atoms with Crippen LogP contribution in [0.4, 0.5) is 0 Å². The van der Waals surface area contributed by atoms with Gasteiger partial charge >= 0.3 is 0 Å². The van der Waals surface area contributed by atoms with E-state index in [9.17, 15) is 5.11 Å². The third-order valence-electron chi connectivity index (χ3n) is 4.56. The van der Waals surface area contributed by atoms with E-state index in [-0.39, 0.29) is 0 Å². The molecular formula is C17H26N2O2. The van der Waals surface area contributed by atoms with Crippen molar-refractivity contribution in [3.63, 3.8) is 0 Å². The van der Waals surface area contributed by atoms with Crippen LogP contribution in [0.25, 0.3) is 0 Å². The molecule has 4 heteroatoms. The molecule has 2 N–H and O–H groups in total. The lowest BCUT2D eigenvalue weighted by Crippen LogP contribution is -2.45. The van der Waals surface area contributed by atoms with Crippen molar-refractivity contribution in [1.82, 2.24) is 10.2 Å². The van der Waals surface area contributed by atoms with Gasteiger partial charge in [0.1, 0.15) is 5.75 Å². The van der Waals surface area contributed by atoms with E-state index in [0.29, 0.717) is 17.8 Å². The number of aromatic hydroxyl groups is 1. The largest absolute Gasteiger partial charge is 0.508 e. The smallest absolute Gasteiger partial charge is 0.115 e. The van der Waals surface area contributed by atoms with Gasteiger partial charge in [0.2, 0.25) is 0 Å². The monoisotopic (exact) mass is 290 g/mol. The van der Waals surface area contributed by atoms with Gasteiger partial charge in [0.25, 0.3) is 0 Å². The first-order chi connectivity index (χ1) is 10.2. The molecule has 21 heavy (non-hydrogen) atoms. The summed E-state index contributed by atoms with van der Waals surface area (Å²) >= 11 is 0. The number of phenolic OH excluding ortho intramolecular Hbond substituents is 1. The molecule has 1 aromatic rings. The van der Waals surface area contributed by atoms with Gasteiger partial charge in [-0.2, -0.15) is 0 Å². The van der Waals surface area contributed by atoms with Gasteiger partial charge in [-0.3, -0.25) is 4.90 Å². The van der Waals surface area contributed by atoms with E-state index in [1.54, 1.807) is 0 Å². The van der Waals surface area contributed by atoms with Crippen molar-refractivity contribution < 1.29 is 9.84 Å². The Balaban J connectivity index is 1.60. The molecule has 0 bridgehead atoms. The molecule has 1 heterocycles. The van der Waals surface area contributed by atoms with E-state index in [1.807, 2.05) is 12.1 Å². The van der Waals surface area contributed by atoms with Gasteiger partial charge in [0.15, 0.2) is 0 Å². The van der Waals surface area contributed by atoms with Gasteiger partial charge in [0.05, 0.1) is 13.2 Å². The highest BCUT2D eigenvalue weighted by molar-refractivity contribution is 5.38.